The average Bonchev–Trinajstić information content (AvgIpc) is 2.92. The summed E-state index contributed by atoms with van der Waals surface area (Å²) in [5, 5.41) is 3.15. The second kappa shape index (κ2) is 13.7. The van der Waals surface area contributed by atoms with Crippen LogP contribution < -0.4 is 19.7 Å². The number of ether oxygens (including phenoxy) is 4. The van der Waals surface area contributed by atoms with Gasteiger partial charge in [-0.15, -0.1) is 0 Å². The molecule has 1 fully saturated rings. The van der Waals surface area contributed by atoms with Gasteiger partial charge in [-0.1, -0.05) is 30.3 Å². The minimum Gasteiger partial charge on any atom is -0.496 e. The molecule has 1 aliphatic heterocycles. The number of nitrogens with zero attached hydrogens (tertiary/aromatic N) is 1. The van der Waals surface area contributed by atoms with Gasteiger partial charge in [0.1, 0.15) is 17.3 Å². The molecule has 0 aliphatic carbocycles. The van der Waals surface area contributed by atoms with E-state index in [-0.39, 0.29) is 24.3 Å². The molecule has 0 unspecified atom stereocenters. The zero-order valence-corrected chi connectivity index (χ0v) is 21.0. The zero-order chi connectivity index (χ0) is 25.9. The highest BCUT2D eigenvalue weighted by atomic mass is 19.1. The quantitative estimate of drug-likeness (QED) is 0.347. The normalized spacial score (nSPS) is 15.6. The molecule has 37 heavy (non-hydrogen) atoms. The van der Waals surface area contributed by atoms with E-state index < -0.39 is 0 Å². The van der Waals surface area contributed by atoms with Crippen LogP contribution in [0.1, 0.15) is 17.5 Å². The molecule has 0 radical (unpaired) electrons. The number of benzene rings is 3. The van der Waals surface area contributed by atoms with E-state index in [0.717, 1.165) is 34.7 Å². The van der Waals surface area contributed by atoms with E-state index in [2.05, 4.69) is 5.32 Å². The third kappa shape index (κ3) is 7.76. The number of halogens is 1. The fourth-order valence-corrected chi connectivity index (χ4v) is 4.17. The maximum Gasteiger partial charge on any atom is 0.241 e. The zero-order valence-electron chi connectivity index (χ0n) is 21.0. The van der Waals surface area contributed by atoms with Crippen LogP contribution in [-0.2, 0) is 27.5 Å². The van der Waals surface area contributed by atoms with Crippen molar-refractivity contribution < 1.29 is 28.1 Å². The van der Waals surface area contributed by atoms with Gasteiger partial charge < -0.3 is 29.2 Å². The topological polar surface area (TPSA) is 69.3 Å². The number of piperazine rings is 1. The Labute approximate surface area is 217 Å². The van der Waals surface area contributed by atoms with Crippen LogP contribution in [0.25, 0.3) is 0 Å². The van der Waals surface area contributed by atoms with Crippen molar-refractivity contribution in [3.05, 3.63) is 89.7 Å². The first kappa shape index (κ1) is 26.6. The van der Waals surface area contributed by atoms with E-state index >= 15 is 0 Å². The summed E-state index contributed by atoms with van der Waals surface area (Å²) in [7, 11) is 1.65. The van der Waals surface area contributed by atoms with Crippen LogP contribution in [-0.4, -0.2) is 52.0 Å². The standard InChI is InChI=1S/C29H33FN2O5/c1-34-28-6-3-2-5-23(28)20-35-15-4-16-37-27-13-11-25(12-14-27)32-26(17-31-18-29(32)33)21-36-19-22-7-9-24(30)10-8-22/h2-3,5-14,26,31H,4,15-21H2,1H3/t26-/m0/s1. The molecule has 1 saturated heterocycles. The molecule has 196 valence electrons. The van der Waals surface area contributed by atoms with Crippen molar-refractivity contribution in [2.75, 3.05) is 44.9 Å². The fourth-order valence-electron chi connectivity index (χ4n) is 4.17. The van der Waals surface area contributed by atoms with Crippen molar-refractivity contribution in [1.82, 2.24) is 5.32 Å². The maximum absolute atomic E-state index is 13.1. The van der Waals surface area contributed by atoms with Crippen molar-refractivity contribution in [2.24, 2.45) is 0 Å². The number of methoxy groups -OCH3 is 1. The predicted molar refractivity (Wildman–Crippen MR) is 139 cm³/mol. The molecular formula is C29H33FN2O5. The Hall–Kier alpha value is -3.46. The van der Waals surface area contributed by atoms with Gasteiger partial charge in [0.25, 0.3) is 0 Å². The van der Waals surface area contributed by atoms with E-state index in [4.69, 9.17) is 18.9 Å². The maximum atomic E-state index is 13.1. The SMILES string of the molecule is COc1ccccc1COCCCOc1ccc(N2C(=O)CNC[C@H]2COCc2ccc(F)cc2)cc1. The molecule has 7 nitrogen and oxygen atoms in total. The van der Waals surface area contributed by atoms with Gasteiger partial charge in [-0.3, -0.25) is 4.79 Å². The number of carbonyl (C=O) groups excluding carboxylic acids is 1. The minimum absolute atomic E-state index is 0.0116. The molecule has 1 N–H and O–H groups in total. The number of anilines is 1. The molecule has 4 rings (SSSR count). The molecule has 1 atom stereocenters. The number of amides is 1. The molecule has 0 spiro atoms. The van der Waals surface area contributed by atoms with Crippen LogP contribution in [0.2, 0.25) is 0 Å². The molecule has 1 amide bonds. The molecule has 0 aromatic heterocycles. The van der Waals surface area contributed by atoms with E-state index in [1.54, 1.807) is 24.1 Å². The van der Waals surface area contributed by atoms with Crippen LogP contribution in [0.5, 0.6) is 11.5 Å². The van der Waals surface area contributed by atoms with Crippen molar-refractivity contribution in [3.63, 3.8) is 0 Å². The summed E-state index contributed by atoms with van der Waals surface area (Å²) in [5.41, 5.74) is 2.70. The fraction of sp³-hybridized carbons (Fsp3) is 0.345. The summed E-state index contributed by atoms with van der Waals surface area (Å²) in [5.74, 6) is 1.27. The highest BCUT2D eigenvalue weighted by Gasteiger charge is 2.29. The van der Waals surface area contributed by atoms with Gasteiger partial charge in [-0.25, -0.2) is 4.39 Å². The molecule has 0 bridgehead atoms. The summed E-state index contributed by atoms with van der Waals surface area (Å²) < 4.78 is 35.9. The van der Waals surface area contributed by atoms with E-state index in [9.17, 15) is 9.18 Å². The first-order chi connectivity index (χ1) is 18.1. The first-order valence-corrected chi connectivity index (χ1v) is 12.4. The third-order valence-electron chi connectivity index (χ3n) is 6.05. The molecule has 8 heteroatoms. The Kier molecular flexibility index (Phi) is 9.88. The van der Waals surface area contributed by atoms with Gasteiger partial charge in [-0.2, -0.15) is 0 Å². The average molecular weight is 509 g/mol. The van der Waals surface area contributed by atoms with Crippen molar-refractivity contribution in [3.8, 4) is 11.5 Å². The van der Waals surface area contributed by atoms with Crippen LogP contribution in [0.15, 0.2) is 72.8 Å². The second-order valence-corrected chi connectivity index (χ2v) is 8.75. The van der Waals surface area contributed by atoms with Gasteiger partial charge in [0.05, 0.1) is 52.7 Å². The number of nitrogens with one attached hydrogen (secondary N) is 1. The Morgan fingerprint density at radius 3 is 2.51 bits per heavy atom. The van der Waals surface area contributed by atoms with Crippen LogP contribution in [0.4, 0.5) is 10.1 Å². The number of carbonyl (C=O) groups is 1. The summed E-state index contributed by atoms with van der Waals surface area (Å²) in [4.78, 5) is 14.5. The lowest BCUT2D eigenvalue weighted by Gasteiger charge is -2.36. The Morgan fingerprint density at radius 2 is 1.73 bits per heavy atom. The van der Waals surface area contributed by atoms with E-state index in [1.165, 1.54) is 12.1 Å². The first-order valence-electron chi connectivity index (χ1n) is 12.4. The third-order valence-corrected chi connectivity index (χ3v) is 6.05. The largest absolute Gasteiger partial charge is 0.496 e. The van der Waals surface area contributed by atoms with Gasteiger partial charge in [0, 0.05) is 24.2 Å². The Morgan fingerprint density at radius 1 is 0.946 bits per heavy atom. The van der Waals surface area contributed by atoms with Crippen LogP contribution in [0, 0.1) is 5.82 Å². The predicted octanol–water partition coefficient (Wildman–Crippen LogP) is 4.34. The van der Waals surface area contributed by atoms with Crippen molar-refractivity contribution >= 4 is 11.6 Å². The summed E-state index contributed by atoms with van der Waals surface area (Å²) in [6, 6.07) is 21.4. The number of para-hydroxylation sites is 1. The highest BCUT2D eigenvalue weighted by Crippen LogP contribution is 2.23. The summed E-state index contributed by atoms with van der Waals surface area (Å²) >= 11 is 0. The minimum atomic E-state index is -0.276. The number of hydrogen-bond donors (Lipinski definition) is 1. The van der Waals surface area contributed by atoms with Gasteiger partial charge in [0.2, 0.25) is 5.91 Å². The number of rotatable bonds is 13. The van der Waals surface area contributed by atoms with E-state index in [0.29, 0.717) is 39.6 Å². The molecule has 1 aliphatic rings. The Balaban J connectivity index is 1.22. The molecule has 3 aromatic rings. The van der Waals surface area contributed by atoms with Crippen LogP contribution in [0.3, 0.4) is 0 Å². The lowest BCUT2D eigenvalue weighted by Crippen LogP contribution is -2.57. The monoisotopic (exact) mass is 508 g/mol. The van der Waals surface area contributed by atoms with Crippen LogP contribution >= 0.6 is 0 Å². The van der Waals surface area contributed by atoms with Crippen molar-refractivity contribution in [2.45, 2.75) is 25.7 Å². The van der Waals surface area contributed by atoms with Crippen molar-refractivity contribution in [1.29, 1.82) is 0 Å². The summed E-state index contributed by atoms with van der Waals surface area (Å²) in [6.45, 7) is 3.22. The number of hydrogen-bond acceptors (Lipinski definition) is 6. The molecular weight excluding hydrogens is 475 g/mol. The molecule has 3 aromatic carbocycles. The highest BCUT2D eigenvalue weighted by molar-refractivity contribution is 5.96. The summed E-state index contributed by atoms with van der Waals surface area (Å²) in [6.07, 6.45) is 0.751. The smallest absolute Gasteiger partial charge is 0.241 e. The molecule has 1 heterocycles. The lowest BCUT2D eigenvalue weighted by atomic mass is 10.1. The van der Waals surface area contributed by atoms with Gasteiger partial charge >= 0.3 is 0 Å². The van der Waals surface area contributed by atoms with Gasteiger partial charge in [0.15, 0.2) is 0 Å². The van der Waals surface area contributed by atoms with Gasteiger partial charge in [-0.05, 0) is 48.0 Å². The lowest BCUT2D eigenvalue weighted by molar-refractivity contribution is -0.119. The van der Waals surface area contributed by atoms with E-state index in [1.807, 2.05) is 48.5 Å². The Bertz CT molecular complexity index is 1120. The molecule has 0 saturated carbocycles. The second-order valence-electron chi connectivity index (χ2n) is 8.75.